The average molecular weight is 600 g/mol. The minimum absolute atomic E-state index is 0. The van der Waals surface area contributed by atoms with E-state index in [1.54, 1.807) is 48.5 Å². The Morgan fingerprint density at radius 1 is 0.927 bits per heavy atom. The first kappa shape index (κ1) is 30.8. The Bertz CT molecular complexity index is 1520. The summed E-state index contributed by atoms with van der Waals surface area (Å²) in [4.78, 5) is 24.6. The van der Waals surface area contributed by atoms with Gasteiger partial charge in [0, 0.05) is 35.5 Å². The monoisotopic (exact) mass is 599 g/mol. The second-order valence-corrected chi connectivity index (χ2v) is 9.97. The number of hydrogen-bond donors (Lipinski definition) is 1. The van der Waals surface area contributed by atoms with Crippen molar-refractivity contribution >= 4 is 35.1 Å². The van der Waals surface area contributed by atoms with E-state index in [1.807, 2.05) is 36.4 Å². The molecular formula is C31H24Cl2NNaO6. The molecule has 0 aliphatic carbocycles. The molecule has 0 bridgehead atoms. The Morgan fingerprint density at radius 2 is 1.63 bits per heavy atom. The van der Waals surface area contributed by atoms with Gasteiger partial charge in [0.1, 0.15) is 23.0 Å². The van der Waals surface area contributed by atoms with Crippen LogP contribution >= 0.6 is 23.2 Å². The summed E-state index contributed by atoms with van der Waals surface area (Å²) in [6.07, 6.45) is 0.0618. The van der Waals surface area contributed by atoms with E-state index in [0.717, 1.165) is 5.56 Å². The summed E-state index contributed by atoms with van der Waals surface area (Å²) in [7, 11) is 0. The third-order valence-electron chi connectivity index (χ3n) is 6.39. The zero-order valence-electron chi connectivity index (χ0n) is 22.1. The Balaban J connectivity index is 0.00000387. The van der Waals surface area contributed by atoms with Crippen LogP contribution in [0.3, 0.4) is 0 Å². The first-order valence-corrected chi connectivity index (χ1v) is 13.3. The standard InChI is InChI=1S/C31H25Cl2NO6.Na/c32-24-8-4-5-9-26(24)40-29(16-19-6-2-1-3-7-19)34-30(35)20-10-12-21(13-11-20)39-28-18-27-23(17-25(28)33)22(31(36)37)14-15-38-27;/h1-13,17-18,22,29H,14-16H2,(H,34,35)(H,36,37);/q;+1/p-1. The normalized spacial score (nSPS) is 14.4. The van der Waals surface area contributed by atoms with Gasteiger partial charge in [-0.25, -0.2) is 0 Å². The van der Waals surface area contributed by atoms with E-state index in [9.17, 15) is 14.7 Å². The topological polar surface area (TPSA) is 96.9 Å². The Labute approximate surface area is 269 Å². The van der Waals surface area contributed by atoms with Crippen LogP contribution in [-0.4, -0.2) is 24.7 Å². The number of aliphatic carboxylic acids is 1. The molecule has 10 heteroatoms. The van der Waals surface area contributed by atoms with Gasteiger partial charge < -0.3 is 29.4 Å². The summed E-state index contributed by atoms with van der Waals surface area (Å²) >= 11 is 12.7. The number of halogens is 2. The molecular weight excluding hydrogens is 576 g/mol. The van der Waals surface area contributed by atoms with Gasteiger partial charge in [0.25, 0.3) is 5.91 Å². The molecule has 0 saturated carbocycles. The van der Waals surface area contributed by atoms with E-state index in [2.05, 4.69) is 5.32 Å². The Kier molecular flexibility index (Phi) is 10.6. The largest absolute Gasteiger partial charge is 1.00 e. The second-order valence-electron chi connectivity index (χ2n) is 9.16. The van der Waals surface area contributed by atoms with Crippen molar-refractivity contribution in [2.45, 2.75) is 25.0 Å². The van der Waals surface area contributed by atoms with Crippen molar-refractivity contribution in [2.75, 3.05) is 6.61 Å². The molecule has 4 aromatic carbocycles. The fourth-order valence-corrected chi connectivity index (χ4v) is 4.78. The average Bonchev–Trinajstić information content (AvgIpc) is 2.95. The minimum atomic E-state index is -1.17. The van der Waals surface area contributed by atoms with Gasteiger partial charge in [-0.05, 0) is 54.4 Å². The smallest absolute Gasteiger partial charge is 0.549 e. The van der Waals surface area contributed by atoms with Crippen molar-refractivity contribution in [3.63, 3.8) is 0 Å². The molecule has 1 aliphatic rings. The maximum absolute atomic E-state index is 13.1. The van der Waals surface area contributed by atoms with Crippen molar-refractivity contribution in [3.05, 3.63) is 118 Å². The van der Waals surface area contributed by atoms with Gasteiger partial charge >= 0.3 is 29.6 Å². The number of carboxylic acids is 1. The van der Waals surface area contributed by atoms with Gasteiger partial charge in [0.2, 0.25) is 0 Å². The molecule has 41 heavy (non-hydrogen) atoms. The summed E-state index contributed by atoms with van der Waals surface area (Å²) < 4.78 is 17.6. The predicted molar refractivity (Wildman–Crippen MR) is 149 cm³/mol. The second kappa shape index (κ2) is 14.1. The third kappa shape index (κ3) is 7.76. The molecule has 5 rings (SSSR count). The van der Waals surface area contributed by atoms with E-state index < -0.39 is 18.1 Å². The molecule has 0 spiro atoms. The first-order chi connectivity index (χ1) is 19.4. The summed E-state index contributed by atoms with van der Waals surface area (Å²) in [5.74, 6) is -0.725. The molecule has 1 N–H and O–H groups in total. The summed E-state index contributed by atoms with van der Waals surface area (Å²) in [6.45, 7) is 0.252. The van der Waals surface area contributed by atoms with Crippen molar-refractivity contribution < 1.29 is 58.5 Å². The molecule has 2 atom stereocenters. The number of rotatable bonds is 9. The van der Waals surface area contributed by atoms with E-state index in [1.165, 1.54) is 6.07 Å². The first-order valence-electron chi connectivity index (χ1n) is 12.6. The molecule has 4 aromatic rings. The van der Waals surface area contributed by atoms with E-state index >= 15 is 0 Å². The van der Waals surface area contributed by atoms with Gasteiger partial charge in [-0.2, -0.15) is 0 Å². The zero-order valence-corrected chi connectivity index (χ0v) is 25.7. The SMILES string of the molecule is O=C(NC(Cc1ccccc1)Oc1ccccc1Cl)c1ccc(Oc2cc3c(cc2Cl)C(C(=O)[O-])CCO3)cc1.[Na+]. The van der Waals surface area contributed by atoms with Crippen molar-refractivity contribution in [3.8, 4) is 23.0 Å². The molecule has 1 aliphatic heterocycles. The maximum Gasteiger partial charge on any atom is 1.00 e. The van der Waals surface area contributed by atoms with Crippen molar-refractivity contribution in [2.24, 2.45) is 0 Å². The third-order valence-corrected chi connectivity index (χ3v) is 7.00. The molecule has 0 radical (unpaired) electrons. The number of carbonyl (C=O) groups is 2. The molecule has 1 heterocycles. The fourth-order valence-electron chi connectivity index (χ4n) is 4.39. The van der Waals surface area contributed by atoms with Crippen LogP contribution in [0.4, 0.5) is 0 Å². The fraction of sp³-hybridized carbons (Fsp3) is 0.161. The van der Waals surface area contributed by atoms with Crippen LogP contribution in [0.1, 0.15) is 33.8 Å². The van der Waals surface area contributed by atoms with Gasteiger partial charge in [-0.3, -0.25) is 4.79 Å². The van der Waals surface area contributed by atoms with E-state index in [0.29, 0.717) is 52.0 Å². The maximum atomic E-state index is 13.1. The van der Waals surface area contributed by atoms with Gasteiger partial charge in [0.15, 0.2) is 6.23 Å². The number of benzene rings is 4. The summed E-state index contributed by atoms with van der Waals surface area (Å²) in [6, 6.07) is 26.4. The molecule has 1 amide bonds. The number of carboxylic acid groups (broad SMARTS) is 1. The van der Waals surface area contributed by atoms with Crippen LogP contribution in [0, 0.1) is 0 Å². The van der Waals surface area contributed by atoms with Gasteiger partial charge in [0.05, 0.1) is 16.7 Å². The van der Waals surface area contributed by atoms with Gasteiger partial charge in [-0.15, -0.1) is 0 Å². The van der Waals surface area contributed by atoms with Crippen LogP contribution in [0.5, 0.6) is 23.0 Å². The van der Waals surface area contributed by atoms with Crippen LogP contribution in [0.2, 0.25) is 10.0 Å². The number of para-hydroxylation sites is 1. The van der Waals surface area contributed by atoms with Crippen molar-refractivity contribution in [1.82, 2.24) is 5.32 Å². The van der Waals surface area contributed by atoms with Crippen LogP contribution < -0.4 is 54.2 Å². The summed E-state index contributed by atoms with van der Waals surface area (Å²) in [5.41, 5.74) is 1.84. The van der Waals surface area contributed by atoms with Crippen LogP contribution in [0.15, 0.2) is 91.0 Å². The van der Waals surface area contributed by atoms with Crippen molar-refractivity contribution in [1.29, 1.82) is 0 Å². The number of fused-ring (bicyclic) bond motifs is 1. The number of nitrogens with one attached hydrogen (secondary N) is 1. The minimum Gasteiger partial charge on any atom is -0.549 e. The number of carbonyl (C=O) groups excluding carboxylic acids is 2. The van der Waals surface area contributed by atoms with Crippen LogP contribution in [-0.2, 0) is 11.2 Å². The Hall–Kier alpha value is -3.20. The van der Waals surface area contributed by atoms with E-state index in [-0.39, 0.29) is 47.1 Å². The molecule has 0 saturated heterocycles. The Morgan fingerprint density at radius 3 is 2.34 bits per heavy atom. The number of hydrogen-bond acceptors (Lipinski definition) is 6. The quantitative estimate of drug-likeness (QED) is 0.235. The molecule has 0 aromatic heterocycles. The molecule has 204 valence electrons. The summed E-state index contributed by atoms with van der Waals surface area (Å²) in [5, 5.41) is 15.1. The molecule has 2 unspecified atom stereocenters. The molecule has 0 fully saturated rings. The molecule has 7 nitrogen and oxygen atoms in total. The number of amides is 1. The number of ether oxygens (including phenoxy) is 3. The van der Waals surface area contributed by atoms with Crippen LogP contribution in [0.25, 0.3) is 0 Å². The zero-order chi connectivity index (χ0) is 28.1. The van der Waals surface area contributed by atoms with Gasteiger partial charge in [-0.1, -0.05) is 65.7 Å². The predicted octanol–water partition coefficient (Wildman–Crippen LogP) is 2.78. The van der Waals surface area contributed by atoms with E-state index in [4.69, 9.17) is 37.4 Å².